The van der Waals surface area contributed by atoms with Crippen molar-refractivity contribution in [3.63, 3.8) is 0 Å². The molecular weight excluding hydrogens is 300 g/mol. The number of nitrogens with one attached hydrogen (secondary N) is 1. The van der Waals surface area contributed by atoms with Crippen molar-refractivity contribution in [1.29, 1.82) is 5.26 Å². The van der Waals surface area contributed by atoms with E-state index in [1.165, 1.54) is 11.8 Å². The zero-order valence-electron chi connectivity index (χ0n) is 12.6. The molecular formula is C15H18N4O2S. The van der Waals surface area contributed by atoms with E-state index in [0.29, 0.717) is 18.1 Å². The first-order chi connectivity index (χ1) is 10.7. The van der Waals surface area contributed by atoms with Crippen molar-refractivity contribution in [2.75, 3.05) is 19.9 Å². The molecule has 0 saturated carbocycles. The van der Waals surface area contributed by atoms with Crippen LogP contribution in [0.1, 0.15) is 18.4 Å². The minimum atomic E-state index is 0.173. The van der Waals surface area contributed by atoms with E-state index < -0.39 is 0 Å². The van der Waals surface area contributed by atoms with Gasteiger partial charge in [-0.3, -0.25) is 10.1 Å². The highest BCUT2D eigenvalue weighted by molar-refractivity contribution is 8.13. The second-order valence-corrected chi connectivity index (χ2v) is 5.57. The van der Waals surface area contributed by atoms with Gasteiger partial charge in [0.05, 0.1) is 12.8 Å². The number of amides is 1. The molecule has 0 aliphatic carbocycles. The molecule has 0 atom stereocenters. The van der Waals surface area contributed by atoms with Gasteiger partial charge in [0.25, 0.3) is 0 Å². The number of carbonyl (C=O) groups is 1. The Hall–Kier alpha value is -2.20. The Morgan fingerprint density at radius 1 is 1.59 bits per heavy atom. The lowest BCUT2D eigenvalue weighted by Gasteiger charge is -2.18. The molecule has 0 bridgehead atoms. The molecule has 0 aromatic heterocycles. The fraction of sp³-hybridized carbons (Fsp3) is 0.400. The average Bonchev–Trinajstić information content (AvgIpc) is 2.92. The third-order valence-electron chi connectivity index (χ3n) is 3.38. The Labute approximate surface area is 134 Å². The number of nitriles is 1. The first kappa shape index (κ1) is 16.2. The van der Waals surface area contributed by atoms with Crippen LogP contribution >= 0.6 is 11.8 Å². The van der Waals surface area contributed by atoms with Crippen LogP contribution in [0.4, 0.5) is 5.69 Å². The Kier molecular flexibility index (Phi) is 5.67. The van der Waals surface area contributed by atoms with E-state index in [0.717, 1.165) is 30.0 Å². The summed E-state index contributed by atoms with van der Waals surface area (Å²) >= 11 is 1.36. The SMILES string of the molecule is COc1ccc(N=C(NC#N)SC)cc1CN1CCCC1=O. The quantitative estimate of drug-likeness (QED) is 0.399. The summed E-state index contributed by atoms with van der Waals surface area (Å²) in [6.07, 6.45) is 5.22. The first-order valence-electron chi connectivity index (χ1n) is 6.90. The summed E-state index contributed by atoms with van der Waals surface area (Å²) < 4.78 is 5.37. The van der Waals surface area contributed by atoms with Crippen molar-refractivity contribution in [2.45, 2.75) is 19.4 Å². The third kappa shape index (κ3) is 3.92. The van der Waals surface area contributed by atoms with E-state index in [1.54, 1.807) is 7.11 Å². The highest BCUT2D eigenvalue weighted by Crippen LogP contribution is 2.27. The molecule has 22 heavy (non-hydrogen) atoms. The van der Waals surface area contributed by atoms with Crippen molar-refractivity contribution in [3.8, 4) is 11.9 Å². The summed E-state index contributed by atoms with van der Waals surface area (Å²) in [5, 5.41) is 11.7. The van der Waals surface area contributed by atoms with Gasteiger partial charge in [-0.15, -0.1) is 0 Å². The predicted molar refractivity (Wildman–Crippen MR) is 87.0 cm³/mol. The lowest BCUT2D eigenvalue weighted by Crippen LogP contribution is -2.24. The lowest BCUT2D eigenvalue weighted by atomic mass is 10.1. The molecule has 7 heteroatoms. The van der Waals surface area contributed by atoms with Gasteiger partial charge in [-0.2, -0.15) is 5.26 Å². The van der Waals surface area contributed by atoms with Crippen molar-refractivity contribution < 1.29 is 9.53 Å². The van der Waals surface area contributed by atoms with Crippen molar-refractivity contribution in [1.82, 2.24) is 10.2 Å². The summed E-state index contributed by atoms with van der Waals surface area (Å²) in [5.41, 5.74) is 1.63. The minimum Gasteiger partial charge on any atom is -0.496 e. The number of thioether (sulfide) groups is 1. The monoisotopic (exact) mass is 318 g/mol. The number of ether oxygens (including phenoxy) is 1. The summed E-state index contributed by atoms with van der Waals surface area (Å²) in [7, 11) is 1.61. The molecule has 1 aliphatic rings. The number of carbonyl (C=O) groups excluding carboxylic acids is 1. The number of benzene rings is 1. The van der Waals surface area contributed by atoms with Crippen LogP contribution in [0, 0.1) is 11.5 Å². The Morgan fingerprint density at radius 3 is 3.00 bits per heavy atom. The minimum absolute atomic E-state index is 0.173. The van der Waals surface area contributed by atoms with Crippen LogP contribution in [0.25, 0.3) is 0 Å². The van der Waals surface area contributed by atoms with E-state index >= 15 is 0 Å². The molecule has 1 aliphatic heterocycles. The van der Waals surface area contributed by atoms with Gasteiger partial charge >= 0.3 is 0 Å². The number of amidine groups is 1. The highest BCUT2D eigenvalue weighted by Gasteiger charge is 2.21. The maximum atomic E-state index is 11.8. The Balaban J connectivity index is 2.26. The number of likely N-dealkylation sites (tertiary alicyclic amines) is 1. The number of methoxy groups -OCH3 is 1. The molecule has 0 spiro atoms. The second kappa shape index (κ2) is 7.71. The van der Waals surface area contributed by atoms with Crippen LogP contribution in [-0.2, 0) is 11.3 Å². The molecule has 1 aromatic carbocycles. The van der Waals surface area contributed by atoms with E-state index in [9.17, 15) is 4.79 Å². The number of hydrogen-bond donors (Lipinski definition) is 1. The molecule has 6 nitrogen and oxygen atoms in total. The number of nitrogens with zero attached hydrogens (tertiary/aromatic N) is 3. The average molecular weight is 318 g/mol. The standard InChI is InChI=1S/C15H18N4O2S/c1-21-13-6-5-12(18-15(22-2)17-10-16)8-11(13)9-19-7-3-4-14(19)20/h5-6,8H,3-4,7,9H2,1-2H3,(H,17,18). The van der Waals surface area contributed by atoms with Crippen molar-refractivity contribution >= 4 is 28.5 Å². The highest BCUT2D eigenvalue weighted by atomic mass is 32.2. The predicted octanol–water partition coefficient (Wildman–Crippen LogP) is 2.24. The number of hydrogen-bond acceptors (Lipinski definition) is 5. The summed E-state index contributed by atoms with van der Waals surface area (Å²) in [6, 6.07) is 5.54. The topological polar surface area (TPSA) is 77.7 Å². The Morgan fingerprint density at radius 2 is 2.41 bits per heavy atom. The molecule has 0 radical (unpaired) electrons. The summed E-state index contributed by atoms with van der Waals surface area (Å²) in [4.78, 5) is 18.0. The van der Waals surface area contributed by atoms with E-state index in [2.05, 4.69) is 10.3 Å². The first-order valence-corrected chi connectivity index (χ1v) is 8.13. The zero-order valence-corrected chi connectivity index (χ0v) is 13.4. The number of aliphatic imine (C=N–C) groups is 1. The van der Waals surface area contributed by atoms with Crippen LogP contribution in [0.2, 0.25) is 0 Å². The van der Waals surface area contributed by atoms with E-state index in [-0.39, 0.29) is 5.91 Å². The van der Waals surface area contributed by atoms with Gasteiger partial charge in [-0.25, -0.2) is 4.99 Å². The normalized spacial score (nSPS) is 14.9. The van der Waals surface area contributed by atoms with Crippen LogP contribution < -0.4 is 10.1 Å². The van der Waals surface area contributed by atoms with Gasteiger partial charge in [0.1, 0.15) is 5.75 Å². The van der Waals surface area contributed by atoms with E-state index in [4.69, 9.17) is 10.00 Å². The molecule has 0 unspecified atom stereocenters. The van der Waals surface area contributed by atoms with Gasteiger partial charge in [0.15, 0.2) is 11.4 Å². The van der Waals surface area contributed by atoms with Crippen molar-refractivity contribution in [3.05, 3.63) is 23.8 Å². The smallest absolute Gasteiger partial charge is 0.222 e. The van der Waals surface area contributed by atoms with Crippen LogP contribution in [0.5, 0.6) is 5.75 Å². The maximum absolute atomic E-state index is 11.8. The largest absolute Gasteiger partial charge is 0.496 e. The van der Waals surface area contributed by atoms with Gasteiger partial charge in [0, 0.05) is 25.1 Å². The van der Waals surface area contributed by atoms with Gasteiger partial charge in [-0.1, -0.05) is 11.8 Å². The molecule has 1 aromatic rings. The molecule has 2 rings (SSSR count). The summed E-state index contributed by atoms with van der Waals surface area (Å²) in [6.45, 7) is 1.30. The van der Waals surface area contributed by atoms with Crippen LogP contribution in [0.3, 0.4) is 0 Å². The van der Waals surface area contributed by atoms with Gasteiger partial charge < -0.3 is 9.64 Å². The third-order valence-corrected chi connectivity index (χ3v) is 3.96. The molecule has 1 heterocycles. The van der Waals surface area contributed by atoms with Crippen molar-refractivity contribution in [2.24, 2.45) is 4.99 Å². The van der Waals surface area contributed by atoms with Crippen LogP contribution in [-0.4, -0.2) is 35.9 Å². The Bertz CT molecular complexity index is 624. The van der Waals surface area contributed by atoms with Crippen LogP contribution in [0.15, 0.2) is 23.2 Å². The van der Waals surface area contributed by atoms with Gasteiger partial charge in [0.2, 0.25) is 5.91 Å². The van der Waals surface area contributed by atoms with Gasteiger partial charge in [-0.05, 0) is 30.9 Å². The fourth-order valence-corrected chi connectivity index (χ4v) is 2.67. The second-order valence-electron chi connectivity index (χ2n) is 4.77. The summed E-state index contributed by atoms with van der Waals surface area (Å²) in [5.74, 6) is 0.907. The number of rotatable bonds is 4. The fourth-order valence-electron chi connectivity index (χ4n) is 2.32. The molecule has 116 valence electrons. The molecule has 1 saturated heterocycles. The molecule has 1 amide bonds. The van der Waals surface area contributed by atoms with E-state index in [1.807, 2.05) is 35.5 Å². The lowest BCUT2D eigenvalue weighted by molar-refractivity contribution is -0.128. The molecule has 1 fully saturated rings. The maximum Gasteiger partial charge on any atom is 0.222 e. The zero-order chi connectivity index (χ0) is 15.9. The molecule has 1 N–H and O–H groups in total.